The van der Waals surface area contributed by atoms with Crippen LogP contribution >= 0.6 is 0 Å². The molecule has 0 saturated carbocycles. The highest BCUT2D eigenvalue weighted by Gasteiger charge is 2.27. The van der Waals surface area contributed by atoms with E-state index >= 15 is 0 Å². The minimum Gasteiger partial charge on any atom is -0.393 e. The number of likely N-dealkylation sites (tertiary alicyclic amines) is 1. The second kappa shape index (κ2) is 6.68. The Morgan fingerprint density at radius 1 is 1.37 bits per heavy atom. The van der Waals surface area contributed by atoms with Crippen molar-refractivity contribution in [2.24, 2.45) is 11.7 Å². The fourth-order valence-electron chi connectivity index (χ4n) is 2.68. The van der Waals surface area contributed by atoms with Gasteiger partial charge in [-0.2, -0.15) is 0 Å². The number of benzene rings is 1. The van der Waals surface area contributed by atoms with Gasteiger partial charge in [0.05, 0.1) is 6.10 Å². The normalized spacial score (nSPS) is 24.3. The summed E-state index contributed by atoms with van der Waals surface area (Å²) in [6, 6.07) is 10.2. The van der Waals surface area contributed by atoms with Crippen LogP contribution < -0.4 is 5.73 Å². The molecule has 0 unspecified atom stereocenters. The highest BCUT2D eigenvalue weighted by Crippen LogP contribution is 2.21. The van der Waals surface area contributed by atoms with Crippen LogP contribution in [0, 0.1) is 5.92 Å². The van der Waals surface area contributed by atoms with E-state index in [1.807, 2.05) is 18.2 Å². The highest BCUT2D eigenvalue weighted by molar-refractivity contribution is 5.73. The van der Waals surface area contributed by atoms with Gasteiger partial charge in [-0.15, -0.1) is 0 Å². The first-order valence-electron chi connectivity index (χ1n) is 6.88. The summed E-state index contributed by atoms with van der Waals surface area (Å²) in [7, 11) is 0. The Hall–Kier alpha value is -1.39. The molecule has 19 heavy (non-hydrogen) atoms. The Balaban J connectivity index is 1.89. The summed E-state index contributed by atoms with van der Waals surface area (Å²) in [5.41, 5.74) is 6.43. The Kier molecular flexibility index (Phi) is 4.93. The molecule has 1 fully saturated rings. The molecular formula is C15H22N2O2. The lowest BCUT2D eigenvalue weighted by atomic mass is 9.88. The first-order chi connectivity index (χ1) is 9.15. The molecule has 2 rings (SSSR count). The number of hydrogen-bond acceptors (Lipinski definition) is 3. The van der Waals surface area contributed by atoms with Gasteiger partial charge < -0.3 is 15.7 Å². The van der Waals surface area contributed by atoms with Crippen LogP contribution in [0.2, 0.25) is 0 Å². The van der Waals surface area contributed by atoms with Gasteiger partial charge in [-0.3, -0.25) is 4.79 Å². The van der Waals surface area contributed by atoms with Gasteiger partial charge in [0, 0.05) is 32.0 Å². The van der Waals surface area contributed by atoms with Gasteiger partial charge in [0.25, 0.3) is 0 Å². The molecule has 1 aliphatic heterocycles. The van der Waals surface area contributed by atoms with Gasteiger partial charge in [-0.1, -0.05) is 30.3 Å². The van der Waals surface area contributed by atoms with Gasteiger partial charge in [0.2, 0.25) is 5.91 Å². The predicted octanol–water partition coefficient (Wildman–Crippen LogP) is 0.787. The van der Waals surface area contributed by atoms with Crippen molar-refractivity contribution in [3.63, 3.8) is 0 Å². The van der Waals surface area contributed by atoms with E-state index < -0.39 is 0 Å². The molecule has 3 N–H and O–H groups in total. The number of aliphatic hydroxyl groups excluding tert-OH is 1. The fraction of sp³-hybridized carbons (Fsp3) is 0.533. The molecule has 1 heterocycles. The quantitative estimate of drug-likeness (QED) is 0.824. The summed E-state index contributed by atoms with van der Waals surface area (Å²) in [4.78, 5) is 13.1. The van der Waals surface area contributed by atoms with Gasteiger partial charge in [-0.25, -0.2) is 0 Å². The lowest BCUT2D eigenvalue weighted by Gasteiger charge is -2.36. The SMILES string of the molecule is NC(=O)CCN1CC[C@H](O)[C@H](Cc2ccccc2)C1. The number of nitrogens with zero attached hydrogens (tertiary/aromatic N) is 1. The average molecular weight is 262 g/mol. The van der Waals surface area contributed by atoms with E-state index in [-0.39, 0.29) is 17.9 Å². The summed E-state index contributed by atoms with van der Waals surface area (Å²) in [6.45, 7) is 2.39. The minimum atomic E-state index is -0.259. The number of rotatable bonds is 5. The van der Waals surface area contributed by atoms with Crippen molar-refractivity contribution in [1.82, 2.24) is 4.90 Å². The summed E-state index contributed by atoms with van der Waals surface area (Å²) in [6.07, 6.45) is 1.81. The molecule has 0 radical (unpaired) electrons. The fourth-order valence-corrected chi connectivity index (χ4v) is 2.68. The maximum absolute atomic E-state index is 10.8. The molecule has 0 spiro atoms. The molecule has 1 saturated heterocycles. The van der Waals surface area contributed by atoms with E-state index in [0.717, 1.165) is 25.9 Å². The van der Waals surface area contributed by atoms with Crippen molar-refractivity contribution in [3.05, 3.63) is 35.9 Å². The van der Waals surface area contributed by atoms with E-state index in [0.29, 0.717) is 13.0 Å². The van der Waals surface area contributed by atoms with E-state index in [1.165, 1.54) is 5.56 Å². The Bertz CT molecular complexity index is 408. The van der Waals surface area contributed by atoms with Crippen LogP contribution in [0.4, 0.5) is 0 Å². The van der Waals surface area contributed by atoms with Crippen molar-refractivity contribution in [3.8, 4) is 0 Å². The van der Waals surface area contributed by atoms with Crippen LogP contribution in [0.1, 0.15) is 18.4 Å². The second-order valence-corrected chi connectivity index (χ2v) is 5.32. The predicted molar refractivity (Wildman–Crippen MR) is 74.5 cm³/mol. The monoisotopic (exact) mass is 262 g/mol. The Morgan fingerprint density at radius 3 is 2.79 bits per heavy atom. The molecule has 1 aromatic carbocycles. The molecule has 1 aliphatic rings. The third-order valence-corrected chi connectivity index (χ3v) is 3.79. The molecule has 2 atom stereocenters. The molecule has 4 heteroatoms. The molecule has 4 nitrogen and oxygen atoms in total. The number of aliphatic hydroxyl groups is 1. The minimum absolute atomic E-state index is 0.240. The Labute approximate surface area is 114 Å². The van der Waals surface area contributed by atoms with Crippen molar-refractivity contribution < 1.29 is 9.90 Å². The van der Waals surface area contributed by atoms with Crippen LogP contribution in [0.3, 0.4) is 0 Å². The molecule has 0 aliphatic carbocycles. The molecular weight excluding hydrogens is 240 g/mol. The molecule has 104 valence electrons. The van der Waals surface area contributed by atoms with E-state index in [1.54, 1.807) is 0 Å². The number of hydrogen-bond donors (Lipinski definition) is 2. The smallest absolute Gasteiger partial charge is 0.218 e. The van der Waals surface area contributed by atoms with Crippen molar-refractivity contribution >= 4 is 5.91 Å². The topological polar surface area (TPSA) is 66.6 Å². The van der Waals surface area contributed by atoms with Gasteiger partial charge in [-0.05, 0) is 18.4 Å². The maximum Gasteiger partial charge on any atom is 0.218 e. The first-order valence-corrected chi connectivity index (χ1v) is 6.88. The van der Waals surface area contributed by atoms with Crippen molar-refractivity contribution in [1.29, 1.82) is 0 Å². The second-order valence-electron chi connectivity index (χ2n) is 5.32. The van der Waals surface area contributed by atoms with Crippen molar-refractivity contribution in [2.75, 3.05) is 19.6 Å². The molecule has 1 amide bonds. The zero-order valence-electron chi connectivity index (χ0n) is 11.2. The van der Waals surface area contributed by atoms with Gasteiger partial charge in [0.15, 0.2) is 0 Å². The number of primary amides is 1. The van der Waals surface area contributed by atoms with Gasteiger partial charge >= 0.3 is 0 Å². The summed E-state index contributed by atoms with van der Waals surface area (Å²) < 4.78 is 0. The Morgan fingerprint density at radius 2 is 2.11 bits per heavy atom. The third kappa shape index (κ3) is 4.33. The van der Waals surface area contributed by atoms with Crippen LogP contribution in [-0.2, 0) is 11.2 Å². The van der Waals surface area contributed by atoms with Crippen molar-refractivity contribution in [2.45, 2.75) is 25.4 Å². The highest BCUT2D eigenvalue weighted by atomic mass is 16.3. The lowest BCUT2D eigenvalue weighted by molar-refractivity contribution is -0.118. The molecule has 0 bridgehead atoms. The third-order valence-electron chi connectivity index (χ3n) is 3.79. The molecule has 1 aromatic rings. The number of piperidine rings is 1. The first kappa shape index (κ1) is 14.0. The van der Waals surface area contributed by atoms with Gasteiger partial charge in [0.1, 0.15) is 0 Å². The summed E-state index contributed by atoms with van der Waals surface area (Å²) >= 11 is 0. The van der Waals surface area contributed by atoms with Crippen LogP contribution in [0.5, 0.6) is 0 Å². The van der Waals surface area contributed by atoms with E-state index in [4.69, 9.17) is 5.73 Å². The van der Waals surface area contributed by atoms with E-state index in [9.17, 15) is 9.90 Å². The molecule has 0 aromatic heterocycles. The zero-order valence-corrected chi connectivity index (χ0v) is 11.2. The average Bonchev–Trinajstić information content (AvgIpc) is 2.41. The van der Waals surface area contributed by atoms with Crippen LogP contribution in [0.15, 0.2) is 30.3 Å². The summed E-state index contributed by atoms with van der Waals surface area (Å²) in [5, 5.41) is 10.1. The largest absolute Gasteiger partial charge is 0.393 e. The number of nitrogens with two attached hydrogens (primary N) is 1. The number of carbonyl (C=O) groups excluding carboxylic acids is 1. The maximum atomic E-state index is 10.8. The number of amides is 1. The summed E-state index contributed by atoms with van der Waals surface area (Å²) in [5.74, 6) is -0.0187. The zero-order chi connectivity index (χ0) is 13.7. The van der Waals surface area contributed by atoms with E-state index in [2.05, 4.69) is 17.0 Å². The lowest BCUT2D eigenvalue weighted by Crippen LogP contribution is -2.44. The van der Waals surface area contributed by atoms with Crippen LogP contribution in [-0.4, -0.2) is 41.7 Å². The van der Waals surface area contributed by atoms with Crippen LogP contribution in [0.25, 0.3) is 0 Å². The number of carbonyl (C=O) groups is 1. The standard InChI is InChI=1S/C15H22N2O2/c16-15(19)7-9-17-8-6-14(18)13(11-17)10-12-4-2-1-3-5-12/h1-5,13-14,18H,6-11H2,(H2,16,19)/t13-,14+/m1/s1.